The molecule has 2 aromatic carbocycles. The van der Waals surface area contributed by atoms with E-state index in [1.807, 2.05) is 55.2 Å². The van der Waals surface area contributed by atoms with Gasteiger partial charge < -0.3 is 15.4 Å². The van der Waals surface area contributed by atoms with Crippen molar-refractivity contribution in [2.45, 2.75) is 51.3 Å². The van der Waals surface area contributed by atoms with Crippen molar-refractivity contribution in [3.63, 3.8) is 0 Å². The van der Waals surface area contributed by atoms with E-state index in [0.717, 1.165) is 72.0 Å². The van der Waals surface area contributed by atoms with Crippen LogP contribution in [0.4, 0.5) is 11.6 Å². The second kappa shape index (κ2) is 9.48. The van der Waals surface area contributed by atoms with Gasteiger partial charge in [-0.2, -0.15) is 10.1 Å². The highest BCUT2D eigenvalue weighted by molar-refractivity contribution is 5.97. The lowest BCUT2D eigenvalue weighted by Gasteiger charge is -2.23. The van der Waals surface area contributed by atoms with E-state index < -0.39 is 0 Å². The number of rotatable bonds is 7. The summed E-state index contributed by atoms with van der Waals surface area (Å²) >= 11 is 0. The van der Waals surface area contributed by atoms with Crippen molar-refractivity contribution in [3.8, 4) is 11.4 Å². The van der Waals surface area contributed by atoms with Crippen molar-refractivity contribution in [1.82, 2.24) is 29.9 Å². The van der Waals surface area contributed by atoms with Crippen molar-refractivity contribution in [3.05, 3.63) is 60.3 Å². The van der Waals surface area contributed by atoms with Crippen LogP contribution in [-0.2, 0) is 11.8 Å². The van der Waals surface area contributed by atoms with Crippen molar-refractivity contribution in [1.29, 1.82) is 0 Å². The monoisotopic (exact) mass is 497 g/mol. The van der Waals surface area contributed by atoms with Crippen molar-refractivity contribution in [2.24, 2.45) is 7.05 Å². The van der Waals surface area contributed by atoms with E-state index in [-0.39, 0.29) is 12.1 Å². The molecule has 1 saturated heterocycles. The minimum Gasteiger partial charge on any atom is -0.356 e. The molecule has 1 amide bonds. The summed E-state index contributed by atoms with van der Waals surface area (Å²) in [6, 6.07) is 11.8. The summed E-state index contributed by atoms with van der Waals surface area (Å²) < 4.78 is 9.68. The number of hydrogen-bond acceptors (Lipinski definition) is 6. The zero-order chi connectivity index (χ0) is 25.5. The van der Waals surface area contributed by atoms with Crippen LogP contribution in [0.1, 0.15) is 61.2 Å². The summed E-state index contributed by atoms with van der Waals surface area (Å²) in [5.41, 5.74) is 5.33. The molecule has 2 fully saturated rings. The zero-order valence-electron chi connectivity index (χ0n) is 21.2. The minimum absolute atomic E-state index is 0.0319. The maximum atomic E-state index is 12.3. The van der Waals surface area contributed by atoms with Crippen LogP contribution in [0.25, 0.3) is 27.9 Å². The number of benzene rings is 2. The highest BCUT2D eigenvalue weighted by Crippen LogP contribution is 2.35. The predicted molar refractivity (Wildman–Crippen MR) is 143 cm³/mol. The minimum atomic E-state index is -0.0357. The Kier molecular flexibility index (Phi) is 6.00. The summed E-state index contributed by atoms with van der Waals surface area (Å²) in [5, 5.41) is 16.8. The Bertz CT molecular complexity index is 1470. The largest absolute Gasteiger partial charge is 0.356 e. The number of aryl methyl sites for hydroxylation is 1. The number of allylic oxidation sites excluding steroid dienone is 1. The molecule has 4 aromatic rings. The average molecular weight is 498 g/mol. The van der Waals surface area contributed by atoms with Gasteiger partial charge in [-0.3, -0.25) is 4.79 Å². The van der Waals surface area contributed by atoms with Crippen LogP contribution in [0, 0.1) is 0 Å². The topological polar surface area (TPSA) is 98.9 Å². The predicted octanol–water partition coefficient (Wildman–Crippen LogP) is 5.20. The van der Waals surface area contributed by atoms with Crippen LogP contribution >= 0.6 is 0 Å². The normalized spacial score (nSPS) is 17.6. The number of anilines is 2. The molecule has 9 nitrogen and oxygen atoms in total. The van der Waals surface area contributed by atoms with Gasteiger partial charge in [-0.25, -0.2) is 9.36 Å². The summed E-state index contributed by atoms with van der Waals surface area (Å²) in [4.78, 5) is 17.0. The molecule has 2 N–H and O–H groups in total. The maximum absolute atomic E-state index is 12.3. The highest BCUT2D eigenvalue weighted by atomic mass is 16.5. The standard InChI is InChI=1S/C28H31N7O2/c1-17(2)25-21-16-29-35(24-6-4-5-15-37-24)23(21)14-13-22(25)31-28-32-26(33-34(28)3)18-7-9-19(10-8-18)27(36)30-20-11-12-20/h7-10,13-14,16,20,24H,1,4-6,11-12,15H2,2-3H3,(H,30,36)(H,31,32,33). The summed E-state index contributed by atoms with van der Waals surface area (Å²) in [5.74, 6) is 1.15. The van der Waals surface area contributed by atoms with Crippen LogP contribution in [0.3, 0.4) is 0 Å². The molecule has 1 aliphatic heterocycles. The first-order chi connectivity index (χ1) is 18.0. The third-order valence-electron chi connectivity index (χ3n) is 6.96. The molecule has 37 heavy (non-hydrogen) atoms. The van der Waals surface area contributed by atoms with Gasteiger partial charge in [0.1, 0.15) is 0 Å². The van der Waals surface area contributed by atoms with Crippen molar-refractivity contribution in [2.75, 3.05) is 11.9 Å². The summed E-state index contributed by atoms with van der Waals surface area (Å²) in [6.45, 7) is 7.00. The van der Waals surface area contributed by atoms with E-state index in [1.54, 1.807) is 4.68 Å². The molecular weight excluding hydrogens is 466 g/mol. The zero-order valence-corrected chi connectivity index (χ0v) is 21.2. The third kappa shape index (κ3) is 4.62. The fraction of sp³-hybridized carbons (Fsp3) is 0.357. The molecule has 6 rings (SSSR count). The molecule has 0 spiro atoms. The van der Waals surface area contributed by atoms with Gasteiger partial charge in [-0.15, -0.1) is 5.10 Å². The van der Waals surface area contributed by atoms with E-state index in [1.165, 1.54) is 0 Å². The van der Waals surface area contributed by atoms with Crippen LogP contribution in [0.2, 0.25) is 0 Å². The lowest BCUT2D eigenvalue weighted by atomic mass is 10.0. The number of nitrogens with one attached hydrogen (secondary N) is 2. The number of aromatic nitrogens is 5. The Morgan fingerprint density at radius 3 is 2.62 bits per heavy atom. The van der Waals surface area contributed by atoms with Gasteiger partial charge in [-0.05, 0) is 68.9 Å². The quantitative estimate of drug-likeness (QED) is 0.364. The van der Waals surface area contributed by atoms with Gasteiger partial charge in [0.05, 0.1) is 11.7 Å². The van der Waals surface area contributed by atoms with Gasteiger partial charge >= 0.3 is 0 Å². The Balaban J connectivity index is 1.27. The average Bonchev–Trinajstić information content (AvgIpc) is 3.50. The summed E-state index contributed by atoms with van der Waals surface area (Å²) in [6.07, 6.45) is 7.20. The number of carbonyl (C=O) groups excluding carboxylic acids is 1. The number of hydrogen-bond donors (Lipinski definition) is 2. The summed E-state index contributed by atoms with van der Waals surface area (Å²) in [7, 11) is 1.85. The van der Waals surface area contributed by atoms with Gasteiger partial charge in [0, 0.05) is 47.5 Å². The van der Waals surface area contributed by atoms with Gasteiger partial charge in [-0.1, -0.05) is 18.7 Å². The second-order valence-corrected chi connectivity index (χ2v) is 9.94. The lowest BCUT2D eigenvalue weighted by Crippen LogP contribution is -2.25. The number of carbonyl (C=O) groups is 1. The van der Waals surface area contributed by atoms with Crippen LogP contribution in [0.15, 0.2) is 49.2 Å². The fourth-order valence-electron chi connectivity index (χ4n) is 4.83. The molecule has 2 aromatic heterocycles. The molecular formula is C28H31N7O2. The Morgan fingerprint density at radius 2 is 1.92 bits per heavy atom. The van der Waals surface area contributed by atoms with Gasteiger partial charge in [0.25, 0.3) is 5.91 Å². The van der Waals surface area contributed by atoms with E-state index >= 15 is 0 Å². The molecule has 1 unspecified atom stereocenters. The molecule has 1 saturated carbocycles. The Labute approximate surface area is 215 Å². The molecule has 9 heteroatoms. The van der Waals surface area contributed by atoms with Crippen LogP contribution in [-0.4, -0.2) is 43.1 Å². The molecule has 1 aliphatic carbocycles. The van der Waals surface area contributed by atoms with Crippen molar-refractivity contribution < 1.29 is 9.53 Å². The molecule has 1 atom stereocenters. The molecule has 3 heterocycles. The SMILES string of the molecule is C=C(C)c1c(Nc2nc(-c3ccc(C(=O)NC4CC4)cc3)nn2C)ccc2c1cnn2C1CCCCO1. The molecule has 0 bridgehead atoms. The maximum Gasteiger partial charge on any atom is 0.251 e. The second-order valence-electron chi connectivity index (χ2n) is 9.94. The number of fused-ring (bicyclic) bond motifs is 1. The Hall–Kier alpha value is -3.98. The van der Waals surface area contributed by atoms with Gasteiger partial charge in [0.15, 0.2) is 12.1 Å². The number of ether oxygens (including phenoxy) is 1. The fourth-order valence-corrected chi connectivity index (χ4v) is 4.83. The first kappa shape index (κ1) is 23.4. The molecule has 190 valence electrons. The van der Waals surface area contributed by atoms with Crippen molar-refractivity contribution >= 4 is 34.0 Å². The Morgan fingerprint density at radius 1 is 1.11 bits per heavy atom. The van der Waals surface area contributed by atoms with E-state index in [0.29, 0.717) is 23.4 Å². The van der Waals surface area contributed by atoms with E-state index in [4.69, 9.17) is 9.72 Å². The third-order valence-corrected chi connectivity index (χ3v) is 6.96. The van der Waals surface area contributed by atoms with Crippen LogP contribution < -0.4 is 10.6 Å². The molecule has 0 radical (unpaired) electrons. The van der Waals surface area contributed by atoms with E-state index in [9.17, 15) is 4.79 Å². The first-order valence-electron chi connectivity index (χ1n) is 12.8. The molecule has 2 aliphatic rings. The van der Waals surface area contributed by atoms with Gasteiger partial charge in [0.2, 0.25) is 5.95 Å². The highest BCUT2D eigenvalue weighted by Gasteiger charge is 2.24. The number of amides is 1. The number of nitrogens with zero attached hydrogens (tertiary/aromatic N) is 5. The van der Waals surface area contributed by atoms with E-state index in [2.05, 4.69) is 33.5 Å². The lowest BCUT2D eigenvalue weighted by molar-refractivity contribution is -0.0366. The first-order valence-corrected chi connectivity index (χ1v) is 12.8. The smallest absolute Gasteiger partial charge is 0.251 e. The van der Waals surface area contributed by atoms with Crippen LogP contribution in [0.5, 0.6) is 0 Å².